The smallest absolute Gasteiger partial charge is 0.321 e. The van der Waals surface area contributed by atoms with Crippen LogP contribution in [0.3, 0.4) is 0 Å². The zero-order chi connectivity index (χ0) is 15.9. The van der Waals surface area contributed by atoms with Crippen molar-refractivity contribution in [2.75, 3.05) is 6.61 Å². The van der Waals surface area contributed by atoms with Crippen molar-refractivity contribution in [3.05, 3.63) is 78.6 Å². The van der Waals surface area contributed by atoms with E-state index in [1.54, 1.807) is 36.7 Å². The fourth-order valence-electron chi connectivity index (χ4n) is 2.02. The van der Waals surface area contributed by atoms with E-state index in [0.29, 0.717) is 11.5 Å². The van der Waals surface area contributed by atoms with Crippen molar-refractivity contribution in [3.63, 3.8) is 0 Å². The first-order valence-electron chi connectivity index (χ1n) is 7.22. The Kier molecular flexibility index (Phi) is 4.81. The van der Waals surface area contributed by atoms with Gasteiger partial charge in [0.1, 0.15) is 24.2 Å². The van der Waals surface area contributed by atoms with E-state index in [1.807, 2.05) is 36.4 Å². The van der Waals surface area contributed by atoms with Gasteiger partial charge in [0.25, 0.3) is 0 Å². The highest BCUT2D eigenvalue weighted by Crippen LogP contribution is 2.24. The molecule has 1 atom stereocenters. The van der Waals surface area contributed by atoms with Crippen LogP contribution in [0.25, 0.3) is 0 Å². The van der Waals surface area contributed by atoms with E-state index in [1.165, 1.54) is 0 Å². The van der Waals surface area contributed by atoms with E-state index in [2.05, 4.69) is 9.97 Å². The van der Waals surface area contributed by atoms with Gasteiger partial charge in [-0.2, -0.15) is 0 Å². The molecule has 0 fully saturated rings. The summed E-state index contributed by atoms with van der Waals surface area (Å²) in [5, 5.41) is 10.1. The van der Waals surface area contributed by atoms with Crippen LogP contribution in [0, 0.1) is 0 Å². The molecular formula is C18H16N2O3. The van der Waals surface area contributed by atoms with Crippen LogP contribution in [0.1, 0.15) is 11.7 Å². The van der Waals surface area contributed by atoms with Crippen LogP contribution >= 0.6 is 0 Å². The summed E-state index contributed by atoms with van der Waals surface area (Å²) in [6, 6.07) is 18.5. The van der Waals surface area contributed by atoms with Crippen molar-refractivity contribution < 1.29 is 14.6 Å². The third kappa shape index (κ3) is 4.28. The normalized spacial score (nSPS) is 11.7. The van der Waals surface area contributed by atoms with Crippen molar-refractivity contribution in [2.24, 2.45) is 0 Å². The van der Waals surface area contributed by atoms with Gasteiger partial charge in [-0.05, 0) is 23.8 Å². The van der Waals surface area contributed by atoms with Gasteiger partial charge < -0.3 is 14.6 Å². The third-order valence-corrected chi connectivity index (χ3v) is 3.15. The molecule has 3 aromatic rings. The molecule has 3 rings (SSSR count). The number of benzene rings is 2. The third-order valence-electron chi connectivity index (χ3n) is 3.15. The maximum atomic E-state index is 10.1. The number of ether oxygens (including phenoxy) is 2. The highest BCUT2D eigenvalue weighted by Gasteiger charge is 2.08. The van der Waals surface area contributed by atoms with Crippen LogP contribution in [-0.2, 0) is 0 Å². The molecule has 5 nitrogen and oxygen atoms in total. The highest BCUT2D eigenvalue weighted by atomic mass is 16.5. The van der Waals surface area contributed by atoms with Crippen LogP contribution in [0.15, 0.2) is 73.1 Å². The number of aromatic nitrogens is 2. The predicted octanol–water partition coefficient (Wildman–Crippen LogP) is 3.38. The second kappa shape index (κ2) is 7.38. The summed E-state index contributed by atoms with van der Waals surface area (Å²) in [4.78, 5) is 8.01. The average Bonchev–Trinajstić information content (AvgIpc) is 2.62. The molecule has 2 aromatic carbocycles. The lowest BCUT2D eigenvalue weighted by Gasteiger charge is -2.13. The summed E-state index contributed by atoms with van der Waals surface area (Å²) < 4.78 is 11.2. The second-order valence-corrected chi connectivity index (χ2v) is 4.85. The molecule has 1 heterocycles. The second-order valence-electron chi connectivity index (χ2n) is 4.85. The lowest BCUT2D eigenvalue weighted by molar-refractivity contribution is 0.108. The van der Waals surface area contributed by atoms with Crippen molar-refractivity contribution in [3.8, 4) is 17.5 Å². The molecule has 0 radical (unpaired) electrons. The van der Waals surface area contributed by atoms with Gasteiger partial charge in [0.05, 0.1) is 0 Å². The van der Waals surface area contributed by atoms with Crippen LogP contribution in [0.5, 0.6) is 17.5 Å². The molecule has 23 heavy (non-hydrogen) atoms. The number of rotatable bonds is 6. The molecule has 0 saturated heterocycles. The summed E-state index contributed by atoms with van der Waals surface area (Å²) in [5.74, 6) is 1.18. The number of hydrogen-bond donors (Lipinski definition) is 1. The van der Waals surface area contributed by atoms with Crippen molar-refractivity contribution in [1.82, 2.24) is 9.97 Å². The molecular weight excluding hydrogens is 292 g/mol. The lowest BCUT2D eigenvalue weighted by Crippen LogP contribution is -2.09. The maximum Gasteiger partial charge on any atom is 0.321 e. The first kappa shape index (κ1) is 15.0. The first-order chi connectivity index (χ1) is 11.3. The molecule has 0 aliphatic heterocycles. The van der Waals surface area contributed by atoms with E-state index in [9.17, 15) is 5.11 Å². The molecule has 0 amide bonds. The molecule has 0 spiro atoms. The fraction of sp³-hybridized carbons (Fsp3) is 0.111. The van der Waals surface area contributed by atoms with Crippen LogP contribution in [-0.4, -0.2) is 21.7 Å². The Hall–Kier alpha value is -2.92. The summed E-state index contributed by atoms with van der Waals surface area (Å²) in [7, 11) is 0. The van der Waals surface area contributed by atoms with Crippen molar-refractivity contribution in [2.45, 2.75) is 6.10 Å². The Morgan fingerprint density at radius 3 is 2.39 bits per heavy atom. The summed E-state index contributed by atoms with van der Waals surface area (Å²) >= 11 is 0. The zero-order valence-electron chi connectivity index (χ0n) is 12.4. The molecule has 0 bridgehead atoms. The summed E-state index contributed by atoms with van der Waals surface area (Å²) in [6.45, 7) is 0.162. The number of aliphatic hydroxyl groups is 1. The van der Waals surface area contributed by atoms with E-state index < -0.39 is 6.10 Å². The molecule has 1 unspecified atom stereocenters. The Morgan fingerprint density at radius 2 is 1.61 bits per heavy atom. The van der Waals surface area contributed by atoms with E-state index in [0.717, 1.165) is 5.56 Å². The van der Waals surface area contributed by atoms with Crippen molar-refractivity contribution >= 4 is 0 Å². The van der Waals surface area contributed by atoms with Gasteiger partial charge in [0.15, 0.2) is 0 Å². The number of hydrogen-bond acceptors (Lipinski definition) is 5. The molecule has 1 aromatic heterocycles. The SMILES string of the molecule is OC(COc1cccc(Oc2ncccn2)c1)c1ccccc1. The monoisotopic (exact) mass is 308 g/mol. The van der Waals surface area contributed by atoms with Gasteiger partial charge in [-0.25, -0.2) is 9.97 Å². The molecule has 116 valence electrons. The molecule has 0 aliphatic carbocycles. The number of nitrogens with zero attached hydrogens (tertiary/aromatic N) is 2. The fourth-order valence-corrected chi connectivity index (χ4v) is 2.02. The minimum Gasteiger partial charge on any atom is -0.490 e. The van der Waals surface area contributed by atoms with Crippen LogP contribution in [0.2, 0.25) is 0 Å². The van der Waals surface area contributed by atoms with E-state index >= 15 is 0 Å². The van der Waals surface area contributed by atoms with Gasteiger partial charge in [0, 0.05) is 18.5 Å². The maximum absolute atomic E-state index is 10.1. The van der Waals surface area contributed by atoms with Gasteiger partial charge >= 0.3 is 6.01 Å². The quantitative estimate of drug-likeness (QED) is 0.756. The average molecular weight is 308 g/mol. The number of aliphatic hydroxyl groups excluding tert-OH is 1. The van der Waals surface area contributed by atoms with Crippen LogP contribution < -0.4 is 9.47 Å². The van der Waals surface area contributed by atoms with Gasteiger partial charge in [-0.1, -0.05) is 36.4 Å². The van der Waals surface area contributed by atoms with Gasteiger partial charge in [-0.3, -0.25) is 0 Å². The zero-order valence-corrected chi connectivity index (χ0v) is 12.4. The Morgan fingerprint density at radius 1 is 0.870 bits per heavy atom. The Balaban J connectivity index is 1.61. The molecule has 5 heteroatoms. The summed E-state index contributed by atoms with van der Waals surface area (Å²) in [5.41, 5.74) is 0.817. The topological polar surface area (TPSA) is 64.5 Å². The van der Waals surface area contributed by atoms with E-state index in [4.69, 9.17) is 9.47 Å². The minimum absolute atomic E-state index is 0.162. The highest BCUT2D eigenvalue weighted by molar-refractivity contribution is 5.34. The first-order valence-corrected chi connectivity index (χ1v) is 7.22. The molecule has 1 N–H and O–H groups in total. The molecule has 0 aliphatic rings. The van der Waals surface area contributed by atoms with Gasteiger partial charge in [0.2, 0.25) is 0 Å². The molecule has 0 saturated carbocycles. The minimum atomic E-state index is -0.682. The Labute approximate surface area is 134 Å². The largest absolute Gasteiger partial charge is 0.490 e. The lowest BCUT2D eigenvalue weighted by atomic mass is 10.1. The van der Waals surface area contributed by atoms with E-state index in [-0.39, 0.29) is 12.6 Å². The van der Waals surface area contributed by atoms with Crippen LogP contribution in [0.4, 0.5) is 0 Å². The summed E-state index contributed by atoms with van der Waals surface area (Å²) in [6.07, 6.45) is 2.54. The standard InChI is InChI=1S/C18H16N2O3/c21-17(14-6-2-1-3-7-14)13-22-15-8-4-9-16(12-15)23-18-19-10-5-11-20-18/h1-12,17,21H,13H2. The predicted molar refractivity (Wildman–Crippen MR) is 85.4 cm³/mol. The van der Waals surface area contributed by atoms with Crippen molar-refractivity contribution in [1.29, 1.82) is 0 Å². The van der Waals surface area contributed by atoms with Gasteiger partial charge in [-0.15, -0.1) is 0 Å². The Bertz CT molecular complexity index is 736.